The molecule has 1 fully saturated rings. The van der Waals surface area contributed by atoms with Crippen LogP contribution < -0.4 is 5.73 Å². The summed E-state index contributed by atoms with van der Waals surface area (Å²) < 4.78 is 0. The predicted octanol–water partition coefficient (Wildman–Crippen LogP) is 2.02. The van der Waals surface area contributed by atoms with Gasteiger partial charge in [0.1, 0.15) is 0 Å². The van der Waals surface area contributed by atoms with E-state index in [1.54, 1.807) is 0 Å². The Kier molecular flexibility index (Phi) is 4.13. The summed E-state index contributed by atoms with van der Waals surface area (Å²) in [5.74, 6) is 1.61. The van der Waals surface area contributed by atoms with E-state index >= 15 is 0 Å². The van der Waals surface area contributed by atoms with E-state index < -0.39 is 0 Å². The van der Waals surface area contributed by atoms with Crippen molar-refractivity contribution in [3.63, 3.8) is 0 Å². The van der Waals surface area contributed by atoms with Crippen LogP contribution in [-0.4, -0.2) is 23.0 Å². The zero-order chi connectivity index (χ0) is 12.3. The van der Waals surface area contributed by atoms with Crippen LogP contribution in [0.3, 0.4) is 0 Å². The highest BCUT2D eigenvalue weighted by molar-refractivity contribution is 5.19. The van der Waals surface area contributed by atoms with Crippen LogP contribution in [0.5, 0.6) is 0 Å². The molecule has 0 radical (unpaired) electrons. The van der Waals surface area contributed by atoms with Crippen LogP contribution in [0.1, 0.15) is 31.5 Å². The van der Waals surface area contributed by atoms with Crippen molar-refractivity contribution in [2.24, 2.45) is 17.6 Å². The van der Waals surface area contributed by atoms with E-state index in [0.717, 1.165) is 24.1 Å². The van der Waals surface area contributed by atoms with Gasteiger partial charge in [-0.15, -0.1) is 0 Å². The van der Waals surface area contributed by atoms with Crippen LogP contribution in [0.15, 0.2) is 18.3 Å². The molecule has 1 saturated heterocycles. The number of nitrogens with zero attached hydrogens (tertiary/aromatic N) is 2. The van der Waals surface area contributed by atoms with E-state index in [1.165, 1.54) is 25.1 Å². The maximum absolute atomic E-state index is 5.73. The number of pyridine rings is 1. The van der Waals surface area contributed by atoms with Crippen molar-refractivity contribution in [2.45, 2.75) is 33.4 Å². The van der Waals surface area contributed by atoms with E-state index in [-0.39, 0.29) is 0 Å². The second-order valence-corrected chi connectivity index (χ2v) is 5.45. The highest BCUT2D eigenvalue weighted by Crippen LogP contribution is 2.22. The molecule has 0 amide bonds. The Bertz CT molecular complexity index is 354. The van der Waals surface area contributed by atoms with Crippen LogP contribution in [-0.2, 0) is 13.1 Å². The third-order valence-corrected chi connectivity index (χ3v) is 3.52. The first-order valence-corrected chi connectivity index (χ1v) is 6.54. The smallest absolute Gasteiger partial charge is 0.0584 e. The minimum atomic E-state index is 0.537. The van der Waals surface area contributed by atoms with Crippen molar-refractivity contribution in [3.05, 3.63) is 29.6 Å². The molecule has 0 spiro atoms. The fraction of sp³-hybridized carbons (Fsp3) is 0.643. The van der Waals surface area contributed by atoms with Gasteiger partial charge in [0.15, 0.2) is 0 Å². The molecule has 2 heterocycles. The molecule has 0 aromatic carbocycles. The highest BCUT2D eigenvalue weighted by Gasteiger charge is 2.22. The molecule has 2 unspecified atom stereocenters. The van der Waals surface area contributed by atoms with Gasteiger partial charge >= 0.3 is 0 Å². The molecule has 1 aromatic heterocycles. The first-order chi connectivity index (χ1) is 8.19. The molecule has 17 heavy (non-hydrogen) atoms. The molecule has 3 heteroatoms. The highest BCUT2D eigenvalue weighted by atomic mass is 15.1. The third-order valence-electron chi connectivity index (χ3n) is 3.52. The lowest BCUT2D eigenvalue weighted by Crippen LogP contribution is -2.38. The van der Waals surface area contributed by atoms with Crippen LogP contribution in [0.25, 0.3) is 0 Å². The van der Waals surface area contributed by atoms with Gasteiger partial charge < -0.3 is 5.73 Å². The minimum Gasteiger partial charge on any atom is -0.325 e. The summed E-state index contributed by atoms with van der Waals surface area (Å²) in [4.78, 5) is 6.89. The number of hydrogen-bond donors (Lipinski definition) is 1. The first kappa shape index (κ1) is 12.5. The van der Waals surface area contributed by atoms with Gasteiger partial charge in [0.25, 0.3) is 0 Å². The molecule has 0 aliphatic carbocycles. The van der Waals surface area contributed by atoms with Gasteiger partial charge in [-0.1, -0.05) is 19.9 Å². The van der Waals surface area contributed by atoms with Crippen LogP contribution in [0, 0.1) is 11.8 Å². The van der Waals surface area contributed by atoms with Crippen molar-refractivity contribution in [2.75, 3.05) is 13.1 Å². The Morgan fingerprint density at radius 3 is 2.71 bits per heavy atom. The number of rotatable bonds is 3. The summed E-state index contributed by atoms with van der Waals surface area (Å²) in [5, 5.41) is 0. The van der Waals surface area contributed by atoms with Crippen molar-refractivity contribution in [1.82, 2.24) is 9.88 Å². The maximum Gasteiger partial charge on any atom is 0.0584 e. The number of likely N-dealkylation sites (tertiary alicyclic amines) is 1. The molecule has 0 bridgehead atoms. The molecule has 2 rings (SSSR count). The van der Waals surface area contributed by atoms with Crippen molar-refractivity contribution >= 4 is 0 Å². The SMILES string of the molecule is CC1CC(C)CN(Cc2cccnc2CN)C1. The second-order valence-electron chi connectivity index (χ2n) is 5.45. The Hall–Kier alpha value is -0.930. The Morgan fingerprint density at radius 1 is 1.35 bits per heavy atom. The molecule has 94 valence electrons. The summed E-state index contributed by atoms with van der Waals surface area (Å²) in [7, 11) is 0. The molecular weight excluding hydrogens is 210 g/mol. The molecular formula is C14H23N3. The molecule has 3 nitrogen and oxygen atoms in total. The molecule has 2 atom stereocenters. The standard InChI is InChI=1S/C14H23N3/c1-11-6-12(2)9-17(8-11)10-13-4-3-5-16-14(13)7-15/h3-5,11-12H,6-10,15H2,1-2H3. The van der Waals surface area contributed by atoms with E-state index in [4.69, 9.17) is 5.73 Å². The van der Waals surface area contributed by atoms with Gasteiger partial charge in [-0.25, -0.2) is 0 Å². The molecule has 1 aliphatic heterocycles. The molecule has 1 aromatic rings. The Morgan fingerprint density at radius 2 is 2.06 bits per heavy atom. The van der Waals surface area contributed by atoms with Crippen molar-refractivity contribution in [3.8, 4) is 0 Å². The minimum absolute atomic E-state index is 0.537. The predicted molar refractivity (Wildman–Crippen MR) is 70.4 cm³/mol. The van der Waals surface area contributed by atoms with E-state index in [9.17, 15) is 0 Å². The summed E-state index contributed by atoms with van der Waals surface area (Å²) in [6.45, 7) is 8.61. The Labute approximate surface area is 104 Å². The molecule has 1 aliphatic rings. The average Bonchev–Trinajstić information content (AvgIpc) is 2.28. The summed E-state index contributed by atoms with van der Waals surface area (Å²) in [6.07, 6.45) is 3.18. The third kappa shape index (κ3) is 3.27. The van der Waals surface area contributed by atoms with Crippen molar-refractivity contribution < 1.29 is 0 Å². The zero-order valence-electron chi connectivity index (χ0n) is 10.9. The molecule has 0 saturated carbocycles. The summed E-state index contributed by atoms with van der Waals surface area (Å²) >= 11 is 0. The van der Waals surface area contributed by atoms with E-state index in [1.807, 2.05) is 12.3 Å². The van der Waals surface area contributed by atoms with Crippen molar-refractivity contribution in [1.29, 1.82) is 0 Å². The second kappa shape index (κ2) is 5.61. The van der Waals surface area contributed by atoms with Crippen LogP contribution >= 0.6 is 0 Å². The lowest BCUT2D eigenvalue weighted by atomic mass is 9.91. The fourth-order valence-electron chi connectivity index (χ4n) is 2.96. The number of aromatic nitrogens is 1. The monoisotopic (exact) mass is 233 g/mol. The Balaban J connectivity index is 2.04. The van der Waals surface area contributed by atoms with Gasteiger partial charge in [0.05, 0.1) is 5.69 Å². The maximum atomic E-state index is 5.73. The lowest BCUT2D eigenvalue weighted by Gasteiger charge is -2.35. The van der Waals surface area contributed by atoms with Crippen LogP contribution in [0.2, 0.25) is 0 Å². The lowest BCUT2D eigenvalue weighted by molar-refractivity contribution is 0.134. The number of hydrogen-bond acceptors (Lipinski definition) is 3. The van der Waals surface area contributed by atoms with Gasteiger partial charge in [-0.05, 0) is 29.9 Å². The summed E-state index contributed by atoms with van der Waals surface area (Å²) in [5.41, 5.74) is 8.06. The fourth-order valence-corrected chi connectivity index (χ4v) is 2.96. The van der Waals surface area contributed by atoms with Gasteiger partial charge in [0.2, 0.25) is 0 Å². The normalized spacial score (nSPS) is 26.1. The summed E-state index contributed by atoms with van der Waals surface area (Å²) in [6, 6.07) is 4.16. The molecule has 2 N–H and O–H groups in total. The topological polar surface area (TPSA) is 42.2 Å². The van der Waals surface area contributed by atoms with Gasteiger partial charge in [-0.3, -0.25) is 9.88 Å². The van der Waals surface area contributed by atoms with Gasteiger partial charge in [-0.2, -0.15) is 0 Å². The van der Waals surface area contributed by atoms with E-state index in [0.29, 0.717) is 6.54 Å². The van der Waals surface area contributed by atoms with Gasteiger partial charge in [0, 0.05) is 32.4 Å². The number of nitrogens with two attached hydrogens (primary N) is 1. The largest absolute Gasteiger partial charge is 0.325 e. The average molecular weight is 233 g/mol. The number of piperidine rings is 1. The zero-order valence-corrected chi connectivity index (χ0v) is 10.9. The first-order valence-electron chi connectivity index (χ1n) is 6.54. The quantitative estimate of drug-likeness (QED) is 0.868. The van der Waals surface area contributed by atoms with E-state index in [2.05, 4.69) is 29.8 Å². The van der Waals surface area contributed by atoms with Crippen LogP contribution in [0.4, 0.5) is 0 Å².